The van der Waals surface area contributed by atoms with Gasteiger partial charge in [-0.2, -0.15) is 0 Å². The maximum Gasteiger partial charge on any atom is 0.517 e. The van der Waals surface area contributed by atoms with Crippen LogP contribution in [0.4, 0.5) is 5.69 Å². The number of hydrogen-bond acceptors (Lipinski definition) is 3. The molecule has 1 heterocycles. The fraction of sp³-hybridized carbons (Fsp3) is 0.217. The molecule has 3 nitrogen and oxygen atoms in total. The Morgan fingerprint density at radius 1 is 0.852 bits per heavy atom. The number of rotatable bonds is 3. The van der Waals surface area contributed by atoms with E-state index < -0.39 is 12.7 Å². The fourth-order valence-electron chi connectivity index (χ4n) is 3.60. The zero-order chi connectivity index (χ0) is 18.9. The van der Waals surface area contributed by atoms with Gasteiger partial charge in [0.15, 0.2) is 0 Å². The molecule has 3 aromatic rings. The first-order valence-electron chi connectivity index (χ1n) is 9.38. The molecule has 0 aliphatic carbocycles. The molecule has 0 bridgehead atoms. The van der Waals surface area contributed by atoms with E-state index >= 15 is 0 Å². The molecule has 4 heteroatoms. The van der Waals surface area contributed by atoms with Gasteiger partial charge in [0.2, 0.25) is 0 Å². The van der Waals surface area contributed by atoms with Crippen molar-refractivity contribution < 1.29 is 9.41 Å². The van der Waals surface area contributed by atoms with Crippen LogP contribution in [0, 0.1) is 6.92 Å². The van der Waals surface area contributed by atoms with Crippen molar-refractivity contribution in [1.82, 2.24) is 0 Å². The topological polar surface area (TPSA) is 21.7 Å². The standard InChI is InChI=1S/C23H24BNO2/c1-18-14-16-22(17-15-18)25-23(3,20-10-6-4-7-11-20)19(2)26-24(27-25)21-12-8-5-9-13-21/h4-17,19H,1-3H3. The Morgan fingerprint density at radius 2 is 1.44 bits per heavy atom. The normalized spacial score (nSPS) is 22.7. The van der Waals surface area contributed by atoms with Crippen LogP contribution in [0.1, 0.15) is 25.0 Å². The van der Waals surface area contributed by atoms with Gasteiger partial charge in [0, 0.05) is 0 Å². The monoisotopic (exact) mass is 357 g/mol. The lowest BCUT2D eigenvalue weighted by atomic mass is 9.75. The molecule has 3 aromatic carbocycles. The zero-order valence-electron chi connectivity index (χ0n) is 16.0. The minimum absolute atomic E-state index is 0.0832. The molecule has 1 aliphatic rings. The minimum Gasteiger partial charge on any atom is -0.401 e. The molecule has 0 spiro atoms. The second-order valence-electron chi connectivity index (χ2n) is 7.27. The maximum atomic E-state index is 6.45. The van der Waals surface area contributed by atoms with E-state index in [1.165, 1.54) is 5.56 Å². The van der Waals surface area contributed by atoms with Gasteiger partial charge in [-0.25, -0.2) is 0 Å². The molecule has 0 aromatic heterocycles. The van der Waals surface area contributed by atoms with Crippen molar-refractivity contribution in [3.8, 4) is 0 Å². The van der Waals surface area contributed by atoms with Crippen LogP contribution < -0.4 is 10.5 Å². The average molecular weight is 357 g/mol. The van der Waals surface area contributed by atoms with Crippen molar-refractivity contribution in [2.75, 3.05) is 5.06 Å². The van der Waals surface area contributed by atoms with Crippen LogP contribution in [-0.2, 0) is 14.9 Å². The summed E-state index contributed by atoms with van der Waals surface area (Å²) >= 11 is 0. The highest BCUT2D eigenvalue weighted by Crippen LogP contribution is 2.40. The summed E-state index contributed by atoms with van der Waals surface area (Å²) in [6.07, 6.45) is -0.0832. The van der Waals surface area contributed by atoms with Crippen LogP contribution >= 0.6 is 0 Å². The van der Waals surface area contributed by atoms with E-state index in [9.17, 15) is 0 Å². The number of nitrogens with zero attached hydrogens (tertiary/aromatic N) is 1. The molecule has 136 valence electrons. The minimum atomic E-state index is -0.457. The molecule has 1 aliphatic heterocycles. The first-order chi connectivity index (χ1) is 13.1. The van der Waals surface area contributed by atoms with Crippen LogP contribution in [-0.4, -0.2) is 13.2 Å². The first kappa shape index (κ1) is 17.8. The van der Waals surface area contributed by atoms with Crippen molar-refractivity contribution in [2.45, 2.75) is 32.4 Å². The Morgan fingerprint density at radius 3 is 2.07 bits per heavy atom. The molecule has 2 atom stereocenters. The summed E-state index contributed by atoms with van der Waals surface area (Å²) in [5.41, 5.74) is 3.95. The Kier molecular flexibility index (Phi) is 4.77. The van der Waals surface area contributed by atoms with Crippen LogP contribution in [0.5, 0.6) is 0 Å². The first-order valence-corrected chi connectivity index (χ1v) is 9.38. The third-order valence-corrected chi connectivity index (χ3v) is 5.44. The predicted octanol–water partition coefficient (Wildman–Crippen LogP) is 4.46. The van der Waals surface area contributed by atoms with Crippen molar-refractivity contribution in [1.29, 1.82) is 0 Å². The lowest BCUT2D eigenvalue weighted by Crippen LogP contribution is -2.63. The van der Waals surface area contributed by atoms with E-state index in [-0.39, 0.29) is 6.10 Å². The van der Waals surface area contributed by atoms with Crippen LogP contribution in [0.25, 0.3) is 0 Å². The van der Waals surface area contributed by atoms with Gasteiger partial charge in [0.25, 0.3) is 0 Å². The highest BCUT2D eigenvalue weighted by molar-refractivity contribution is 6.61. The van der Waals surface area contributed by atoms with Gasteiger partial charge in [-0.05, 0) is 43.9 Å². The highest BCUT2D eigenvalue weighted by Gasteiger charge is 2.49. The quantitative estimate of drug-likeness (QED) is 0.646. The molecule has 4 rings (SSSR count). The second-order valence-corrected chi connectivity index (χ2v) is 7.27. The van der Waals surface area contributed by atoms with Gasteiger partial charge in [-0.15, -0.1) is 0 Å². The van der Waals surface area contributed by atoms with E-state index in [1.54, 1.807) is 0 Å². The highest BCUT2D eigenvalue weighted by atomic mass is 16.7. The van der Waals surface area contributed by atoms with Gasteiger partial charge in [0.1, 0.15) is 5.54 Å². The van der Waals surface area contributed by atoms with Crippen molar-refractivity contribution in [2.24, 2.45) is 0 Å². The number of hydrogen-bond donors (Lipinski definition) is 0. The van der Waals surface area contributed by atoms with Gasteiger partial charge in [0.05, 0.1) is 11.8 Å². The molecule has 0 radical (unpaired) electrons. The van der Waals surface area contributed by atoms with Gasteiger partial charge in [-0.3, -0.25) is 9.82 Å². The van der Waals surface area contributed by atoms with Crippen molar-refractivity contribution in [3.05, 3.63) is 96.1 Å². The summed E-state index contributed by atoms with van der Waals surface area (Å²) in [6, 6.07) is 28.9. The summed E-state index contributed by atoms with van der Waals surface area (Å²) < 4.78 is 12.8. The molecule has 27 heavy (non-hydrogen) atoms. The van der Waals surface area contributed by atoms with E-state index in [0.717, 1.165) is 16.7 Å². The average Bonchev–Trinajstić information content (AvgIpc) is 2.72. The summed E-state index contributed by atoms with van der Waals surface area (Å²) in [6.45, 7) is 6.39. The Labute approximate surface area is 161 Å². The number of aryl methyl sites for hydroxylation is 1. The lowest BCUT2D eigenvalue weighted by molar-refractivity contribution is -0.00858. The smallest absolute Gasteiger partial charge is 0.401 e. The zero-order valence-corrected chi connectivity index (χ0v) is 16.0. The number of hydroxylamine groups is 1. The Balaban J connectivity index is 1.79. The van der Waals surface area contributed by atoms with Crippen molar-refractivity contribution in [3.63, 3.8) is 0 Å². The van der Waals surface area contributed by atoms with Crippen LogP contribution in [0.2, 0.25) is 0 Å². The van der Waals surface area contributed by atoms with E-state index in [1.807, 2.05) is 41.5 Å². The van der Waals surface area contributed by atoms with Gasteiger partial charge < -0.3 is 4.65 Å². The van der Waals surface area contributed by atoms with E-state index in [2.05, 4.69) is 69.3 Å². The summed E-state index contributed by atoms with van der Waals surface area (Å²) in [4.78, 5) is 0. The SMILES string of the molecule is Cc1ccc(N2OB(c3ccccc3)OC(C)C2(C)c2ccccc2)cc1. The largest absolute Gasteiger partial charge is 0.517 e. The van der Waals surface area contributed by atoms with E-state index in [0.29, 0.717) is 0 Å². The third-order valence-electron chi connectivity index (χ3n) is 5.44. The molecular weight excluding hydrogens is 333 g/mol. The summed E-state index contributed by atoms with van der Waals surface area (Å²) in [5.74, 6) is 0. The second kappa shape index (κ2) is 7.22. The third kappa shape index (κ3) is 3.27. The van der Waals surface area contributed by atoms with Crippen molar-refractivity contribution >= 4 is 18.3 Å². The molecular formula is C23H24BNO2. The molecule has 0 N–H and O–H groups in total. The van der Waals surface area contributed by atoms with Gasteiger partial charge >= 0.3 is 7.12 Å². The lowest BCUT2D eigenvalue weighted by Gasteiger charge is -2.51. The summed E-state index contributed by atoms with van der Waals surface area (Å²) in [5, 5.41) is 2.02. The Hall–Kier alpha value is -2.56. The summed E-state index contributed by atoms with van der Waals surface area (Å²) in [7, 11) is -0.445. The molecule has 0 saturated carbocycles. The molecule has 1 saturated heterocycles. The Bertz CT molecular complexity index is 885. The van der Waals surface area contributed by atoms with Crippen LogP contribution in [0.3, 0.4) is 0 Å². The maximum absolute atomic E-state index is 6.45. The predicted molar refractivity (Wildman–Crippen MR) is 111 cm³/mol. The van der Waals surface area contributed by atoms with E-state index in [4.69, 9.17) is 9.41 Å². The van der Waals surface area contributed by atoms with Crippen LogP contribution in [0.15, 0.2) is 84.9 Å². The van der Waals surface area contributed by atoms with Gasteiger partial charge in [-0.1, -0.05) is 78.4 Å². The molecule has 2 unspecified atom stereocenters. The molecule has 0 amide bonds. The molecule has 1 fully saturated rings. The fourth-order valence-corrected chi connectivity index (χ4v) is 3.60. The number of benzene rings is 3. The number of anilines is 1.